The molecule has 0 bridgehead atoms. The summed E-state index contributed by atoms with van der Waals surface area (Å²) in [7, 11) is -3.83. The lowest BCUT2D eigenvalue weighted by atomic mass is 9.81. The molecule has 1 saturated carbocycles. The number of hydrogen-bond acceptors (Lipinski definition) is 7. The van der Waals surface area contributed by atoms with Gasteiger partial charge in [-0.2, -0.15) is 4.31 Å². The van der Waals surface area contributed by atoms with Gasteiger partial charge in [-0.25, -0.2) is 17.7 Å². The van der Waals surface area contributed by atoms with E-state index in [0.717, 1.165) is 29.9 Å². The van der Waals surface area contributed by atoms with Crippen molar-refractivity contribution in [2.24, 2.45) is 11.8 Å². The van der Waals surface area contributed by atoms with E-state index in [1.165, 1.54) is 34.6 Å². The molecule has 3 fully saturated rings. The Kier molecular flexibility index (Phi) is 6.25. The van der Waals surface area contributed by atoms with Gasteiger partial charge in [0.2, 0.25) is 21.8 Å². The lowest BCUT2D eigenvalue weighted by Gasteiger charge is -2.35. The zero-order valence-electron chi connectivity index (χ0n) is 19.4. The fourth-order valence-electron chi connectivity index (χ4n) is 5.41. The Hall–Kier alpha value is -3.38. The van der Waals surface area contributed by atoms with E-state index in [0.29, 0.717) is 18.5 Å². The zero-order valence-corrected chi connectivity index (χ0v) is 20.2. The Balaban J connectivity index is 1.36. The van der Waals surface area contributed by atoms with Gasteiger partial charge in [-0.1, -0.05) is 12.8 Å². The Morgan fingerprint density at radius 1 is 0.889 bits per heavy atom. The molecule has 190 valence electrons. The lowest BCUT2D eigenvalue weighted by Crippen LogP contribution is -2.48. The number of benzene rings is 2. The van der Waals surface area contributed by atoms with Crippen molar-refractivity contribution in [1.82, 2.24) is 4.31 Å². The van der Waals surface area contributed by atoms with Crippen molar-refractivity contribution in [2.45, 2.75) is 30.6 Å². The van der Waals surface area contributed by atoms with Gasteiger partial charge in [0.1, 0.15) is 11.5 Å². The predicted octanol–water partition coefficient (Wildman–Crippen LogP) is 2.92. The number of fused-ring (bicyclic) bond motifs is 1. The van der Waals surface area contributed by atoms with Crippen LogP contribution in [0.2, 0.25) is 0 Å². The van der Waals surface area contributed by atoms with E-state index >= 15 is 0 Å². The number of amides is 2. The minimum atomic E-state index is -3.83. The molecule has 2 aliphatic heterocycles. The molecule has 3 aliphatic rings. The lowest BCUT2D eigenvalue weighted by molar-refractivity contribution is -0.384. The molecule has 2 heterocycles. The van der Waals surface area contributed by atoms with Gasteiger partial charge in [-0.05, 0) is 49.2 Å². The van der Waals surface area contributed by atoms with Crippen LogP contribution in [0.15, 0.2) is 47.4 Å². The van der Waals surface area contributed by atoms with Crippen molar-refractivity contribution in [3.63, 3.8) is 0 Å². The first-order valence-electron chi connectivity index (χ1n) is 11.9. The Morgan fingerprint density at radius 3 is 2.03 bits per heavy atom. The van der Waals surface area contributed by atoms with Crippen LogP contribution in [-0.2, 0) is 19.6 Å². The van der Waals surface area contributed by atoms with E-state index < -0.39 is 20.8 Å². The molecule has 0 unspecified atom stereocenters. The maximum Gasteiger partial charge on any atom is 0.294 e. The quantitative estimate of drug-likeness (QED) is 0.340. The molecule has 0 N–H and O–H groups in total. The van der Waals surface area contributed by atoms with Crippen LogP contribution in [0.5, 0.6) is 0 Å². The number of rotatable bonds is 5. The van der Waals surface area contributed by atoms with Gasteiger partial charge in [-0.15, -0.1) is 0 Å². The number of anilines is 2. The van der Waals surface area contributed by atoms with Gasteiger partial charge in [-0.3, -0.25) is 19.7 Å². The summed E-state index contributed by atoms with van der Waals surface area (Å²) in [4.78, 5) is 40.0. The Bertz CT molecular complexity index is 1300. The second-order valence-corrected chi connectivity index (χ2v) is 11.2. The van der Waals surface area contributed by atoms with Crippen molar-refractivity contribution < 1.29 is 27.3 Å². The third-order valence-electron chi connectivity index (χ3n) is 7.29. The van der Waals surface area contributed by atoms with Crippen molar-refractivity contribution in [1.29, 1.82) is 0 Å². The monoisotopic (exact) mass is 516 g/mol. The number of carbonyl (C=O) groups excluding carboxylic acids is 2. The topological polar surface area (TPSA) is 121 Å². The number of imide groups is 1. The molecular weight excluding hydrogens is 491 g/mol. The van der Waals surface area contributed by atoms with Gasteiger partial charge in [0, 0.05) is 32.2 Å². The highest BCUT2D eigenvalue weighted by Gasteiger charge is 2.49. The standard InChI is InChI=1S/C24H25FN4O6S/c25-16-5-8-18(9-6-16)36(34,35)27-13-11-26(12-14-27)21-10-7-17(15-22(21)29(32)33)28-23(30)19-3-1-2-4-20(19)24(28)31/h5-10,15,19-20H,1-4,11-14H2/t19-,20+. The maximum absolute atomic E-state index is 13.2. The van der Waals surface area contributed by atoms with Crippen molar-refractivity contribution in [2.75, 3.05) is 36.0 Å². The molecule has 0 radical (unpaired) electrons. The normalized spacial score (nSPS) is 23.1. The smallest absolute Gasteiger partial charge is 0.294 e. The third-order valence-corrected chi connectivity index (χ3v) is 9.20. The molecule has 2 aromatic carbocycles. The van der Waals surface area contributed by atoms with Gasteiger partial charge in [0.15, 0.2) is 0 Å². The van der Waals surface area contributed by atoms with Crippen LogP contribution in [0, 0.1) is 27.8 Å². The molecule has 0 aromatic heterocycles. The summed E-state index contributed by atoms with van der Waals surface area (Å²) >= 11 is 0. The number of hydrogen-bond donors (Lipinski definition) is 0. The van der Waals surface area contributed by atoms with Crippen LogP contribution in [0.25, 0.3) is 0 Å². The molecule has 10 nitrogen and oxygen atoms in total. The van der Waals surface area contributed by atoms with Crippen LogP contribution in [0.4, 0.5) is 21.5 Å². The second-order valence-electron chi connectivity index (χ2n) is 9.28. The summed E-state index contributed by atoms with van der Waals surface area (Å²) in [6.45, 7) is 0.578. The van der Waals surface area contributed by atoms with E-state index in [9.17, 15) is 32.5 Å². The van der Waals surface area contributed by atoms with E-state index in [-0.39, 0.29) is 66.1 Å². The summed E-state index contributed by atoms with van der Waals surface area (Å²) in [6, 6.07) is 8.88. The van der Waals surface area contributed by atoms with Crippen LogP contribution in [-0.4, -0.2) is 55.6 Å². The summed E-state index contributed by atoms with van der Waals surface area (Å²) in [6.07, 6.45) is 3.07. The molecule has 0 spiro atoms. The van der Waals surface area contributed by atoms with E-state index in [2.05, 4.69) is 0 Å². The van der Waals surface area contributed by atoms with E-state index in [1.807, 2.05) is 0 Å². The molecule has 12 heteroatoms. The van der Waals surface area contributed by atoms with Crippen LogP contribution < -0.4 is 9.80 Å². The highest BCUT2D eigenvalue weighted by atomic mass is 32.2. The minimum Gasteiger partial charge on any atom is -0.363 e. The number of piperazine rings is 1. The molecular formula is C24H25FN4O6S. The van der Waals surface area contributed by atoms with Crippen LogP contribution in [0.1, 0.15) is 25.7 Å². The number of nitrogens with zero attached hydrogens (tertiary/aromatic N) is 4. The molecule has 36 heavy (non-hydrogen) atoms. The van der Waals surface area contributed by atoms with Crippen LogP contribution in [0.3, 0.4) is 0 Å². The molecule has 1 aliphatic carbocycles. The summed E-state index contributed by atoms with van der Waals surface area (Å²) in [5.74, 6) is -1.86. The largest absolute Gasteiger partial charge is 0.363 e. The predicted molar refractivity (Wildman–Crippen MR) is 128 cm³/mol. The van der Waals surface area contributed by atoms with Gasteiger partial charge < -0.3 is 4.90 Å². The highest BCUT2D eigenvalue weighted by molar-refractivity contribution is 7.89. The second kappa shape index (κ2) is 9.25. The van der Waals surface area contributed by atoms with Gasteiger partial charge in [0.25, 0.3) is 5.69 Å². The summed E-state index contributed by atoms with van der Waals surface area (Å²) in [5, 5.41) is 11.9. The first-order chi connectivity index (χ1) is 17.2. The maximum atomic E-state index is 13.2. The van der Waals surface area contributed by atoms with Crippen molar-refractivity contribution in [3.8, 4) is 0 Å². The Morgan fingerprint density at radius 2 is 1.47 bits per heavy atom. The summed E-state index contributed by atoms with van der Waals surface area (Å²) in [5.41, 5.74) is 0.226. The average molecular weight is 517 g/mol. The molecule has 2 atom stereocenters. The van der Waals surface area contributed by atoms with Gasteiger partial charge >= 0.3 is 0 Å². The third kappa shape index (κ3) is 4.13. The zero-order chi connectivity index (χ0) is 25.6. The number of carbonyl (C=O) groups is 2. The molecule has 5 rings (SSSR count). The Labute approximate surface area is 207 Å². The van der Waals surface area contributed by atoms with Gasteiger partial charge in [0.05, 0.1) is 27.3 Å². The first kappa shape index (κ1) is 24.3. The fraction of sp³-hybridized carbons (Fsp3) is 0.417. The van der Waals surface area contributed by atoms with E-state index in [1.54, 1.807) is 4.90 Å². The highest BCUT2D eigenvalue weighted by Crippen LogP contribution is 2.42. The fourth-order valence-corrected chi connectivity index (χ4v) is 6.83. The minimum absolute atomic E-state index is 0.0202. The summed E-state index contributed by atoms with van der Waals surface area (Å²) < 4.78 is 40.2. The van der Waals surface area contributed by atoms with Crippen molar-refractivity contribution >= 4 is 38.9 Å². The number of halogens is 1. The van der Waals surface area contributed by atoms with E-state index in [4.69, 9.17) is 0 Å². The van der Waals surface area contributed by atoms with Crippen LogP contribution >= 0.6 is 0 Å². The number of nitro benzene ring substituents is 1. The SMILES string of the molecule is O=C1[C@H]2CCCC[C@H]2C(=O)N1c1ccc(N2CCN(S(=O)(=O)c3ccc(F)cc3)CC2)c([N+](=O)[O-])c1. The molecule has 2 aromatic rings. The number of sulfonamides is 1. The van der Waals surface area contributed by atoms with Crippen molar-refractivity contribution in [3.05, 3.63) is 58.4 Å². The average Bonchev–Trinajstić information content (AvgIpc) is 3.14. The molecule has 2 amide bonds. The molecule has 2 saturated heterocycles. The first-order valence-corrected chi connectivity index (χ1v) is 13.3. The number of nitro groups is 1.